The van der Waals surface area contributed by atoms with Crippen LogP contribution in [0, 0.1) is 23.0 Å². The number of benzene rings is 3. The van der Waals surface area contributed by atoms with E-state index in [1.807, 2.05) is 42.5 Å². The smallest absolute Gasteiger partial charge is 0.131 e. The molecule has 0 fully saturated rings. The van der Waals surface area contributed by atoms with E-state index in [1.54, 1.807) is 5.16 Å². The van der Waals surface area contributed by atoms with Gasteiger partial charge in [0.05, 0.1) is 5.16 Å². The van der Waals surface area contributed by atoms with Crippen molar-refractivity contribution in [1.29, 1.82) is 5.41 Å². The molecular weight excluding hydrogens is 384 g/mol. The van der Waals surface area contributed by atoms with Gasteiger partial charge in [-0.3, -0.25) is 0 Å². The second-order valence-electron chi connectivity index (χ2n) is 7.07. The number of isothiocyanates is 1. The minimum absolute atomic E-state index is 0.303. The first kappa shape index (κ1) is 22.6. The second kappa shape index (κ2) is 11.4. The molecule has 0 heterocycles. The van der Waals surface area contributed by atoms with Crippen LogP contribution in [0.5, 0.6) is 0 Å². The molecule has 0 saturated heterocycles. The molecule has 0 radical (unpaired) electrons. The molecule has 3 aromatic carbocycles. The number of halogens is 2. The zero-order chi connectivity index (χ0) is 21.2. The fourth-order valence-electron chi connectivity index (χ4n) is 3.51. The molecule has 0 amide bonds. The monoisotopic (exact) mass is 409 g/mol. The Morgan fingerprint density at radius 1 is 0.931 bits per heavy atom. The van der Waals surface area contributed by atoms with Gasteiger partial charge >= 0.3 is 0 Å². The van der Waals surface area contributed by atoms with Gasteiger partial charge in [0.25, 0.3) is 0 Å². The highest BCUT2D eigenvalue weighted by Crippen LogP contribution is 2.35. The van der Waals surface area contributed by atoms with Crippen LogP contribution in [0.2, 0.25) is 0 Å². The van der Waals surface area contributed by atoms with E-state index in [1.165, 1.54) is 30.5 Å². The molecule has 150 valence electrons. The molecule has 0 saturated carbocycles. The van der Waals surface area contributed by atoms with Crippen LogP contribution in [-0.4, -0.2) is 5.16 Å². The van der Waals surface area contributed by atoms with Crippen molar-refractivity contribution in [2.75, 3.05) is 0 Å². The lowest BCUT2D eigenvalue weighted by Gasteiger charge is -2.16. The predicted molar refractivity (Wildman–Crippen MR) is 120 cm³/mol. The summed E-state index contributed by atoms with van der Waals surface area (Å²) in [5.74, 6) is -0.239. The number of hydrogen-bond donors (Lipinski definition) is 1. The van der Waals surface area contributed by atoms with Crippen LogP contribution in [0.15, 0.2) is 66.7 Å². The molecule has 0 aliphatic rings. The van der Waals surface area contributed by atoms with Gasteiger partial charge in [-0.2, -0.15) is 0 Å². The van der Waals surface area contributed by atoms with Gasteiger partial charge in [-0.1, -0.05) is 75.2 Å². The molecule has 1 atom stereocenters. The molecule has 1 N–H and O–H groups in total. The third-order valence-electron chi connectivity index (χ3n) is 4.75. The Bertz CT molecular complexity index is 964. The molecule has 3 aromatic rings. The Balaban J connectivity index is 0.000000941. The molecule has 0 aromatic heterocycles. The second-order valence-corrected chi connectivity index (χ2v) is 7.27. The first-order valence-corrected chi connectivity index (χ1v) is 10.1. The van der Waals surface area contributed by atoms with Crippen molar-refractivity contribution in [2.24, 2.45) is 5.92 Å². The quantitative estimate of drug-likeness (QED) is 0.324. The SMILES string of the molecule is CCC[C@@H](C)Cc1ccc(-c2cc(F)ccc2F)c(-c2ccccc2)c1.N=C=S. The van der Waals surface area contributed by atoms with Crippen molar-refractivity contribution in [3.63, 3.8) is 0 Å². The zero-order valence-corrected chi connectivity index (χ0v) is 17.5. The number of nitrogens with one attached hydrogen (secondary N) is 1. The van der Waals surface area contributed by atoms with E-state index in [2.05, 4.69) is 32.1 Å². The molecule has 0 aliphatic carbocycles. The van der Waals surface area contributed by atoms with Crippen LogP contribution >= 0.6 is 12.2 Å². The average Bonchev–Trinajstić information content (AvgIpc) is 2.71. The highest BCUT2D eigenvalue weighted by molar-refractivity contribution is 7.78. The maximum absolute atomic E-state index is 14.4. The largest absolute Gasteiger partial charge is 0.248 e. The summed E-state index contributed by atoms with van der Waals surface area (Å²) >= 11 is 3.81. The lowest BCUT2D eigenvalue weighted by atomic mass is 9.89. The summed E-state index contributed by atoms with van der Waals surface area (Å²) in [7, 11) is 0. The van der Waals surface area contributed by atoms with E-state index in [4.69, 9.17) is 5.41 Å². The van der Waals surface area contributed by atoms with Crippen LogP contribution in [0.1, 0.15) is 32.3 Å². The number of hydrogen-bond acceptors (Lipinski definition) is 2. The summed E-state index contributed by atoms with van der Waals surface area (Å²) in [6.07, 6.45) is 3.33. The van der Waals surface area contributed by atoms with E-state index in [0.29, 0.717) is 11.5 Å². The Morgan fingerprint density at radius 3 is 2.28 bits per heavy atom. The predicted octanol–water partition coefficient (Wildman–Crippen LogP) is 7.95. The van der Waals surface area contributed by atoms with Crippen molar-refractivity contribution >= 4 is 17.4 Å². The summed E-state index contributed by atoms with van der Waals surface area (Å²) < 4.78 is 28.1. The standard InChI is InChI=1S/C24H24F2.CHNS/c1-3-7-17(2)14-18-10-12-21(23-16-20(25)11-13-24(23)26)22(15-18)19-8-5-4-6-9-19;2-1-3/h4-6,8-13,15-17H,3,7,14H2,1-2H3;2H/t17-;/m1./s1. The van der Waals surface area contributed by atoms with Crippen LogP contribution in [-0.2, 0) is 6.42 Å². The molecule has 3 rings (SSSR count). The topological polar surface area (TPSA) is 23.9 Å². The zero-order valence-electron chi connectivity index (χ0n) is 16.7. The van der Waals surface area contributed by atoms with E-state index in [9.17, 15) is 8.78 Å². The lowest BCUT2D eigenvalue weighted by Crippen LogP contribution is -2.00. The van der Waals surface area contributed by atoms with E-state index < -0.39 is 11.6 Å². The summed E-state index contributed by atoms with van der Waals surface area (Å²) in [4.78, 5) is 0. The summed E-state index contributed by atoms with van der Waals surface area (Å²) in [5.41, 5.74) is 4.20. The summed E-state index contributed by atoms with van der Waals surface area (Å²) in [6.45, 7) is 4.45. The van der Waals surface area contributed by atoms with Gasteiger partial charge in [-0.15, -0.1) is 0 Å². The molecular formula is C25H25F2NS. The van der Waals surface area contributed by atoms with Crippen LogP contribution in [0.4, 0.5) is 8.78 Å². The fraction of sp³-hybridized carbons (Fsp3) is 0.240. The molecule has 4 heteroatoms. The van der Waals surface area contributed by atoms with Gasteiger partial charge < -0.3 is 0 Å². The minimum atomic E-state index is -0.430. The highest BCUT2D eigenvalue weighted by Gasteiger charge is 2.14. The highest BCUT2D eigenvalue weighted by atomic mass is 32.1. The minimum Gasteiger partial charge on any atom is -0.248 e. The van der Waals surface area contributed by atoms with Crippen molar-refractivity contribution in [2.45, 2.75) is 33.1 Å². The van der Waals surface area contributed by atoms with Gasteiger partial charge in [0, 0.05) is 5.56 Å². The van der Waals surface area contributed by atoms with Gasteiger partial charge in [0.2, 0.25) is 0 Å². The molecule has 29 heavy (non-hydrogen) atoms. The van der Waals surface area contributed by atoms with Crippen molar-refractivity contribution < 1.29 is 8.78 Å². The Hall–Kier alpha value is -2.68. The fourth-order valence-corrected chi connectivity index (χ4v) is 3.51. The first-order chi connectivity index (χ1) is 14.0. The van der Waals surface area contributed by atoms with Crippen LogP contribution in [0.25, 0.3) is 22.3 Å². The molecule has 0 aliphatic heterocycles. The lowest BCUT2D eigenvalue weighted by molar-refractivity contribution is 0.522. The Kier molecular flexibility index (Phi) is 8.85. The number of thiocarbonyl (C=S) groups is 1. The van der Waals surface area contributed by atoms with Crippen molar-refractivity contribution in [3.8, 4) is 22.3 Å². The third kappa shape index (κ3) is 6.42. The van der Waals surface area contributed by atoms with E-state index >= 15 is 0 Å². The van der Waals surface area contributed by atoms with Gasteiger partial charge in [-0.25, -0.2) is 14.2 Å². The Morgan fingerprint density at radius 2 is 1.62 bits per heavy atom. The first-order valence-electron chi connectivity index (χ1n) is 9.67. The van der Waals surface area contributed by atoms with Crippen LogP contribution < -0.4 is 0 Å². The Labute approximate surface area is 176 Å². The normalized spacial score (nSPS) is 11.2. The van der Waals surface area contributed by atoms with E-state index in [0.717, 1.165) is 29.2 Å². The average molecular weight is 410 g/mol. The molecule has 1 nitrogen and oxygen atoms in total. The van der Waals surface area contributed by atoms with E-state index in [-0.39, 0.29) is 0 Å². The maximum atomic E-state index is 14.4. The molecule has 0 unspecified atom stereocenters. The summed E-state index contributed by atoms with van der Waals surface area (Å²) in [6, 6.07) is 19.6. The maximum Gasteiger partial charge on any atom is 0.131 e. The molecule has 0 spiro atoms. The molecule has 0 bridgehead atoms. The van der Waals surface area contributed by atoms with Gasteiger partial charge in [0.1, 0.15) is 11.6 Å². The van der Waals surface area contributed by atoms with Gasteiger partial charge in [-0.05, 0) is 65.0 Å². The summed E-state index contributed by atoms with van der Waals surface area (Å²) in [5, 5.41) is 7.36. The third-order valence-corrected chi connectivity index (χ3v) is 4.75. The van der Waals surface area contributed by atoms with Crippen molar-refractivity contribution in [1.82, 2.24) is 0 Å². The van der Waals surface area contributed by atoms with Gasteiger partial charge in [0.15, 0.2) is 0 Å². The number of rotatable bonds is 6. The van der Waals surface area contributed by atoms with Crippen LogP contribution in [0.3, 0.4) is 0 Å². The van der Waals surface area contributed by atoms with Crippen molar-refractivity contribution in [3.05, 3.63) is 83.9 Å².